The molecule has 1 atom stereocenters. The van der Waals surface area contributed by atoms with Crippen LogP contribution in [-0.2, 0) is 11.0 Å². The molecule has 2 aromatic carbocycles. The van der Waals surface area contributed by atoms with Gasteiger partial charge in [0.2, 0.25) is 5.91 Å². The normalized spacial score (nSPS) is 14.9. The van der Waals surface area contributed by atoms with Gasteiger partial charge in [-0.3, -0.25) is 19.3 Å². The molecule has 3 rings (SSSR count). The standard InChI is InChI=1S/C21H19F3N2O3/c1-12(2)11-17(26-19(28)13-7-3-4-8-14(13)20(26)29)18(27)25-16-10-6-5-9-15(16)21(22,23)24/h3-10,12,17H,11H2,1-2H3,(H,25,27)/t17-/m1/s1. The number of halogens is 3. The molecule has 0 aromatic heterocycles. The fourth-order valence-corrected chi connectivity index (χ4v) is 3.32. The molecule has 3 amide bonds. The van der Waals surface area contributed by atoms with E-state index in [9.17, 15) is 27.6 Å². The summed E-state index contributed by atoms with van der Waals surface area (Å²) in [6.07, 6.45) is -4.54. The van der Waals surface area contributed by atoms with E-state index >= 15 is 0 Å². The number of imide groups is 1. The van der Waals surface area contributed by atoms with Gasteiger partial charge in [-0.05, 0) is 36.6 Å². The van der Waals surface area contributed by atoms with Crippen LogP contribution in [0.25, 0.3) is 0 Å². The van der Waals surface area contributed by atoms with Crippen LogP contribution < -0.4 is 5.32 Å². The molecule has 0 aliphatic carbocycles. The number of nitrogens with one attached hydrogen (secondary N) is 1. The lowest BCUT2D eigenvalue weighted by atomic mass is 10.0. The number of para-hydroxylation sites is 1. The van der Waals surface area contributed by atoms with Gasteiger partial charge in [0.1, 0.15) is 6.04 Å². The number of benzene rings is 2. The largest absolute Gasteiger partial charge is 0.418 e. The Hall–Kier alpha value is -3.16. The van der Waals surface area contributed by atoms with Gasteiger partial charge in [-0.1, -0.05) is 38.1 Å². The van der Waals surface area contributed by atoms with E-state index < -0.39 is 41.2 Å². The Bertz CT molecular complexity index is 935. The summed E-state index contributed by atoms with van der Waals surface area (Å²) in [7, 11) is 0. The topological polar surface area (TPSA) is 66.5 Å². The van der Waals surface area contributed by atoms with Gasteiger partial charge >= 0.3 is 6.18 Å². The number of fused-ring (bicyclic) bond motifs is 1. The highest BCUT2D eigenvalue weighted by molar-refractivity contribution is 6.23. The SMILES string of the molecule is CC(C)C[C@H](C(=O)Nc1ccccc1C(F)(F)F)N1C(=O)c2ccccc2C1=O. The lowest BCUT2D eigenvalue weighted by molar-refractivity contribution is -0.137. The first-order valence-electron chi connectivity index (χ1n) is 9.05. The average Bonchev–Trinajstić information content (AvgIpc) is 2.90. The van der Waals surface area contributed by atoms with Crippen molar-refractivity contribution < 1.29 is 27.6 Å². The lowest BCUT2D eigenvalue weighted by Crippen LogP contribution is -2.48. The van der Waals surface area contributed by atoms with Crippen molar-refractivity contribution >= 4 is 23.4 Å². The van der Waals surface area contributed by atoms with Crippen molar-refractivity contribution in [1.29, 1.82) is 0 Å². The number of anilines is 1. The van der Waals surface area contributed by atoms with Crippen molar-refractivity contribution in [2.24, 2.45) is 5.92 Å². The van der Waals surface area contributed by atoms with Crippen LogP contribution in [0.15, 0.2) is 48.5 Å². The first kappa shape index (κ1) is 20.6. The van der Waals surface area contributed by atoms with Crippen molar-refractivity contribution in [3.05, 3.63) is 65.2 Å². The number of hydrogen-bond donors (Lipinski definition) is 1. The summed E-state index contributed by atoms with van der Waals surface area (Å²) in [6.45, 7) is 3.59. The third kappa shape index (κ3) is 4.01. The fourth-order valence-electron chi connectivity index (χ4n) is 3.32. The number of alkyl halides is 3. The number of carbonyl (C=O) groups is 3. The van der Waals surface area contributed by atoms with E-state index in [1.807, 2.05) is 0 Å². The number of hydrogen-bond acceptors (Lipinski definition) is 3. The van der Waals surface area contributed by atoms with Gasteiger partial charge in [0.15, 0.2) is 0 Å². The molecule has 8 heteroatoms. The molecule has 29 heavy (non-hydrogen) atoms. The van der Waals surface area contributed by atoms with Crippen molar-refractivity contribution in [3.63, 3.8) is 0 Å². The minimum Gasteiger partial charge on any atom is -0.324 e. The minimum absolute atomic E-state index is 0.0899. The molecule has 0 fully saturated rings. The summed E-state index contributed by atoms with van der Waals surface area (Å²) in [6, 6.07) is 9.51. The Morgan fingerprint density at radius 1 is 0.966 bits per heavy atom. The summed E-state index contributed by atoms with van der Waals surface area (Å²) in [4.78, 5) is 39.3. The molecule has 1 aliphatic heterocycles. The van der Waals surface area contributed by atoms with Crippen LogP contribution >= 0.6 is 0 Å². The molecule has 1 N–H and O–H groups in total. The monoisotopic (exact) mass is 404 g/mol. The number of rotatable bonds is 5. The second-order valence-electron chi connectivity index (χ2n) is 7.20. The third-order valence-corrected chi connectivity index (χ3v) is 4.62. The van der Waals surface area contributed by atoms with Gasteiger partial charge in [-0.25, -0.2) is 0 Å². The Kier molecular flexibility index (Phi) is 5.46. The maximum atomic E-state index is 13.2. The quantitative estimate of drug-likeness (QED) is 0.754. The molecule has 0 radical (unpaired) electrons. The molecular weight excluding hydrogens is 385 g/mol. The molecular formula is C21H19F3N2O3. The molecule has 0 unspecified atom stereocenters. The molecule has 1 aliphatic rings. The molecule has 0 saturated carbocycles. The second kappa shape index (κ2) is 7.69. The predicted molar refractivity (Wildman–Crippen MR) is 100 cm³/mol. The predicted octanol–water partition coefficient (Wildman–Crippen LogP) is 4.35. The molecule has 0 saturated heterocycles. The number of nitrogens with zero attached hydrogens (tertiary/aromatic N) is 1. The third-order valence-electron chi connectivity index (χ3n) is 4.62. The zero-order chi connectivity index (χ0) is 21.3. The Morgan fingerprint density at radius 3 is 2.00 bits per heavy atom. The summed E-state index contributed by atoms with van der Waals surface area (Å²) >= 11 is 0. The second-order valence-corrected chi connectivity index (χ2v) is 7.20. The maximum absolute atomic E-state index is 13.2. The van der Waals surface area contributed by atoms with Crippen LogP contribution in [0.1, 0.15) is 46.5 Å². The van der Waals surface area contributed by atoms with E-state index in [0.29, 0.717) is 0 Å². The molecule has 0 spiro atoms. The van der Waals surface area contributed by atoms with Crippen LogP contribution in [0.2, 0.25) is 0 Å². The van der Waals surface area contributed by atoms with Gasteiger partial charge in [0.05, 0.1) is 22.4 Å². The molecule has 2 aromatic rings. The number of amides is 3. The summed E-state index contributed by atoms with van der Waals surface area (Å²) < 4.78 is 39.7. The summed E-state index contributed by atoms with van der Waals surface area (Å²) in [5, 5.41) is 2.26. The Morgan fingerprint density at radius 2 is 1.48 bits per heavy atom. The van der Waals surface area contributed by atoms with Gasteiger partial charge in [-0.2, -0.15) is 13.2 Å². The van der Waals surface area contributed by atoms with Crippen LogP contribution in [0.4, 0.5) is 18.9 Å². The van der Waals surface area contributed by atoms with Crippen LogP contribution in [0.3, 0.4) is 0 Å². The van der Waals surface area contributed by atoms with Gasteiger partial charge in [0.25, 0.3) is 11.8 Å². The van der Waals surface area contributed by atoms with Crippen molar-refractivity contribution in [1.82, 2.24) is 4.90 Å². The summed E-state index contributed by atoms with van der Waals surface area (Å²) in [5.41, 5.74) is -1.07. The van der Waals surface area contributed by atoms with Crippen LogP contribution in [0.5, 0.6) is 0 Å². The fraction of sp³-hybridized carbons (Fsp3) is 0.286. The highest BCUT2D eigenvalue weighted by Gasteiger charge is 2.43. The van der Waals surface area contributed by atoms with E-state index in [0.717, 1.165) is 17.0 Å². The lowest BCUT2D eigenvalue weighted by Gasteiger charge is -2.27. The van der Waals surface area contributed by atoms with E-state index in [1.165, 1.54) is 24.3 Å². The Balaban J connectivity index is 1.94. The van der Waals surface area contributed by atoms with E-state index in [-0.39, 0.29) is 23.5 Å². The average molecular weight is 404 g/mol. The molecule has 5 nitrogen and oxygen atoms in total. The van der Waals surface area contributed by atoms with E-state index in [2.05, 4.69) is 5.32 Å². The minimum atomic E-state index is -4.66. The first-order valence-corrected chi connectivity index (χ1v) is 9.05. The smallest absolute Gasteiger partial charge is 0.324 e. The van der Waals surface area contributed by atoms with Crippen molar-refractivity contribution in [2.45, 2.75) is 32.5 Å². The van der Waals surface area contributed by atoms with Gasteiger partial charge in [0, 0.05) is 0 Å². The molecule has 152 valence electrons. The van der Waals surface area contributed by atoms with Gasteiger partial charge < -0.3 is 5.32 Å². The zero-order valence-corrected chi connectivity index (χ0v) is 15.8. The molecule has 0 bridgehead atoms. The van der Waals surface area contributed by atoms with Crippen molar-refractivity contribution in [3.8, 4) is 0 Å². The van der Waals surface area contributed by atoms with E-state index in [4.69, 9.17) is 0 Å². The van der Waals surface area contributed by atoms with Gasteiger partial charge in [-0.15, -0.1) is 0 Å². The van der Waals surface area contributed by atoms with Crippen LogP contribution in [0, 0.1) is 5.92 Å². The summed E-state index contributed by atoms with van der Waals surface area (Å²) in [5.74, 6) is -2.19. The molecule has 1 heterocycles. The highest BCUT2D eigenvalue weighted by Crippen LogP contribution is 2.35. The first-order chi connectivity index (χ1) is 13.6. The zero-order valence-electron chi connectivity index (χ0n) is 15.8. The van der Waals surface area contributed by atoms with Crippen molar-refractivity contribution in [2.75, 3.05) is 5.32 Å². The Labute approximate surface area is 165 Å². The van der Waals surface area contributed by atoms with Crippen LogP contribution in [-0.4, -0.2) is 28.7 Å². The van der Waals surface area contributed by atoms with E-state index in [1.54, 1.807) is 26.0 Å². The maximum Gasteiger partial charge on any atom is 0.418 e. The number of carbonyl (C=O) groups excluding carboxylic acids is 3. The highest BCUT2D eigenvalue weighted by atomic mass is 19.4.